The molecule has 14 heavy (non-hydrogen) atoms. The first-order valence-corrected chi connectivity index (χ1v) is 4.52. The maximum Gasteiger partial charge on any atom is 0.323 e. The Hall–Kier alpha value is -1.36. The van der Waals surface area contributed by atoms with Crippen LogP contribution in [0.15, 0.2) is 12.5 Å². The second-order valence-corrected chi connectivity index (χ2v) is 3.09. The second kappa shape index (κ2) is 4.76. The number of aromatic nitrogens is 2. The number of hydrogen-bond donors (Lipinski definition) is 1. The van der Waals surface area contributed by atoms with Crippen LogP contribution in [0.3, 0.4) is 0 Å². The van der Waals surface area contributed by atoms with E-state index in [0.29, 0.717) is 13.0 Å². The Balaban J connectivity index is 2.48. The van der Waals surface area contributed by atoms with E-state index in [1.54, 1.807) is 13.3 Å². The van der Waals surface area contributed by atoms with Crippen molar-refractivity contribution < 1.29 is 9.53 Å². The van der Waals surface area contributed by atoms with E-state index in [2.05, 4.69) is 4.98 Å². The van der Waals surface area contributed by atoms with Gasteiger partial charge in [-0.1, -0.05) is 0 Å². The Morgan fingerprint density at radius 1 is 1.79 bits per heavy atom. The van der Waals surface area contributed by atoms with Crippen LogP contribution in [0, 0.1) is 0 Å². The molecule has 0 aliphatic rings. The molecule has 5 nitrogen and oxygen atoms in total. The molecule has 0 radical (unpaired) electrons. The first-order valence-electron chi connectivity index (χ1n) is 4.52. The van der Waals surface area contributed by atoms with E-state index < -0.39 is 6.04 Å². The molecule has 0 saturated heterocycles. The predicted molar refractivity (Wildman–Crippen MR) is 51.5 cm³/mol. The molecule has 0 amide bonds. The normalized spacial score (nSPS) is 12.5. The summed E-state index contributed by atoms with van der Waals surface area (Å²) in [6.07, 6.45) is 3.92. The number of nitrogens with zero attached hydrogens (tertiary/aromatic N) is 2. The van der Waals surface area contributed by atoms with Crippen LogP contribution in [-0.2, 0) is 23.0 Å². The molecule has 1 aromatic rings. The lowest BCUT2D eigenvalue weighted by molar-refractivity contribution is -0.144. The minimum absolute atomic E-state index is 0.356. The van der Waals surface area contributed by atoms with Gasteiger partial charge in [-0.3, -0.25) is 4.79 Å². The fraction of sp³-hybridized carbons (Fsp3) is 0.556. The van der Waals surface area contributed by atoms with E-state index >= 15 is 0 Å². The highest BCUT2D eigenvalue weighted by Crippen LogP contribution is 1.99. The van der Waals surface area contributed by atoms with E-state index in [4.69, 9.17) is 10.5 Å². The first-order chi connectivity index (χ1) is 6.63. The number of aryl methyl sites for hydroxylation is 1. The summed E-state index contributed by atoms with van der Waals surface area (Å²) >= 11 is 0. The highest BCUT2D eigenvalue weighted by Gasteiger charge is 2.15. The van der Waals surface area contributed by atoms with E-state index in [1.807, 2.05) is 17.8 Å². The van der Waals surface area contributed by atoms with Gasteiger partial charge in [0.05, 0.1) is 18.6 Å². The van der Waals surface area contributed by atoms with Crippen molar-refractivity contribution in [3.8, 4) is 0 Å². The van der Waals surface area contributed by atoms with Crippen molar-refractivity contribution >= 4 is 5.97 Å². The summed E-state index contributed by atoms with van der Waals surface area (Å²) in [7, 11) is 1.87. The molecule has 78 valence electrons. The van der Waals surface area contributed by atoms with Crippen LogP contribution in [0.5, 0.6) is 0 Å². The predicted octanol–water partition coefficient (Wildman–Crippen LogP) is -0.147. The number of hydrogen-bond acceptors (Lipinski definition) is 4. The smallest absolute Gasteiger partial charge is 0.323 e. The summed E-state index contributed by atoms with van der Waals surface area (Å²) in [6.45, 7) is 2.11. The Kier molecular flexibility index (Phi) is 3.64. The van der Waals surface area contributed by atoms with Crippen molar-refractivity contribution in [2.24, 2.45) is 12.8 Å². The highest BCUT2D eigenvalue weighted by atomic mass is 16.5. The lowest BCUT2D eigenvalue weighted by atomic mass is 10.2. The molecular formula is C9H15N3O2. The van der Waals surface area contributed by atoms with Gasteiger partial charge in [0.1, 0.15) is 6.04 Å². The number of esters is 1. The van der Waals surface area contributed by atoms with E-state index in [1.165, 1.54) is 0 Å². The van der Waals surface area contributed by atoms with Crippen molar-refractivity contribution in [3.63, 3.8) is 0 Å². The minimum Gasteiger partial charge on any atom is -0.465 e. The maximum atomic E-state index is 11.2. The second-order valence-electron chi connectivity index (χ2n) is 3.09. The van der Waals surface area contributed by atoms with Crippen LogP contribution in [-0.4, -0.2) is 28.2 Å². The van der Waals surface area contributed by atoms with Crippen LogP contribution in [0.25, 0.3) is 0 Å². The molecular weight excluding hydrogens is 182 g/mol. The first kappa shape index (κ1) is 10.7. The lowest BCUT2D eigenvalue weighted by Crippen LogP contribution is -2.34. The standard InChI is InChI=1S/C9H15N3O2/c1-3-14-9(13)8(10)4-7-5-12(2)6-11-7/h5-6,8H,3-4,10H2,1-2H3/t8-/m0/s1. The fourth-order valence-corrected chi connectivity index (χ4v) is 1.13. The molecule has 2 N–H and O–H groups in total. The SMILES string of the molecule is CCOC(=O)[C@@H](N)Cc1cn(C)cn1. The van der Waals surface area contributed by atoms with Crippen molar-refractivity contribution in [2.45, 2.75) is 19.4 Å². The monoisotopic (exact) mass is 197 g/mol. The average molecular weight is 197 g/mol. The molecule has 5 heteroatoms. The molecule has 1 heterocycles. The van der Waals surface area contributed by atoms with Crippen LogP contribution < -0.4 is 5.73 Å². The zero-order chi connectivity index (χ0) is 10.6. The van der Waals surface area contributed by atoms with Crippen LogP contribution in [0.1, 0.15) is 12.6 Å². The zero-order valence-electron chi connectivity index (χ0n) is 8.43. The van der Waals surface area contributed by atoms with Gasteiger partial charge < -0.3 is 15.0 Å². The topological polar surface area (TPSA) is 70.1 Å². The van der Waals surface area contributed by atoms with E-state index in [0.717, 1.165) is 5.69 Å². The summed E-state index contributed by atoms with van der Waals surface area (Å²) < 4.78 is 6.60. The lowest BCUT2D eigenvalue weighted by Gasteiger charge is -2.08. The summed E-state index contributed by atoms with van der Waals surface area (Å²) in [5, 5.41) is 0. The van der Waals surface area contributed by atoms with Gasteiger partial charge in [0.25, 0.3) is 0 Å². The summed E-state index contributed by atoms with van der Waals surface area (Å²) in [4.78, 5) is 15.2. The Morgan fingerprint density at radius 3 is 3.00 bits per heavy atom. The van der Waals surface area contributed by atoms with Crippen molar-refractivity contribution in [1.82, 2.24) is 9.55 Å². The van der Waals surface area contributed by atoms with Gasteiger partial charge in [0, 0.05) is 19.7 Å². The average Bonchev–Trinajstić information content (AvgIpc) is 2.51. The molecule has 1 aromatic heterocycles. The molecule has 0 aromatic carbocycles. The van der Waals surface area contributed by atoms with Crippen molar-refractivity contribution in [2.75, 3.05) is 6.61 Å². The zero-order valence-corrected chi connectivity index (χ0v) is 8.43. The number of carbonyl (C=O) groups is 1. The van der Waals surface area contributed by atoms with Gasteiger partial charge in [-0.25, -0.2) is 4.98 Å². The minimum atomic E-state index is -0.621. The van der Waals surface area contributed by atoms with Gasteiger partial charge in [0.2, 0.25) is 0 Å². The molecule has 1 rings (SSSR count). The van der Waals surface area contributed by atoms with Gasteiger partial charge in [-0.2, -0.15) is 0 Å². The van der Waals surface area contributed by atoms with Crippen molar-refractivity contribution in [1.29, 1.82) is 0 Å². The molecule has 0 aliphatic carbocycles. The molecule has 0 aliphatic heterocycles. The van der Waals surface area contributed by atoms with Gasteiger partial charge in [0.15, 0.2) is 0 Å². The van der Waals surface area contributed by atoms with Crippen LogP contribution in [0.4, 0.5) is 0 Å². The van der Waals surface area contributed by atoms with Gasteiger partial charge >= 0.3 is 5.97 Å². The number of ether oxygens (including phenoxy) is 1. The summed E-state index contributed by atoms with van der Waals surface area (Å²) in [5.41, 5.74) is 6.42. The van der Waals surface area contributed by atoms with E-state index in [9.17, 15) is 4.79 Å². The third-order valence-corrected chi connectivity index (χ3v) is 1.78. The Morgan fingerprint density at radius 2 is 2.50 bits per heavy atom. The van der Waals surface area contributed by atoms with E-state index in [-0.39, 0.29) is 5.97 Å². The molecule has 0 fully saturated rings. The van der Waals surface area contributed by atoms with Gasteiger partial charge in [-0.15, -0.1) is 0 Å². The fourth-order valence-electron chi connectivity index (χ4n) is 1.13. The molecule has 0 spiro atoms. The van der Waals surface area contributed by atoms with Crippen LogP contribution >= 0.6 is 0 Å². The summed E-state index contributed by atoms with van der Waals surface area (Å²) in [6, 6.07) is -0.621. The quantitative estimate of drug-likeness (QED) is 0.682. The van der Waals surface area contributed by atoms with Crippen molar-refractivity contribution in [3.05, 3.63) is 18.2 Å². The molecule has 0 bridgehead atoms. The van der Waals surface area contributed by atoms with Gasteiger partial charge in [-0.05, 0) is 6.92 Å². The summed E-state index contributed by atoms with van der Waals surface area (Å²) in [5.74, 6) is -0.377. The number of carbonyl (C=O) groups excluding carboxylic acids is 1. The Bertz CT molecular complexity index is 309. The Labute approximate surface area is 82.9 Å². The maximum absolute atomic E-state index is 11.2. The molecule has 1 atom stereocenters. The largest absolute Gasteiger partial charge is 0.465 e. The third-order valence-electron chi connectivity index (χ3n) is 1.78. The number of nitrogens with two attached hydrogens (primary N) is 1. The number of imidazole rings is 1. The number of rotatable bonds is 4. The highest BCUT2D eigenvalue weighted by molar-refractivity contribution is 5.75. The third kappa shape index (κ3) is 2.85. The molecule has 0 unspecified atom stereocenters. The molecule has 0 saturated carbocycles. The van der Waals surface area contributed by atoms with Crippen LogP contribution in [0.2, 0.25) is 0 Å².